The van der Waals surface area contributed by atoms with Gasteiger partial charge in [-0.1, -0.05) is 20.8 Å². The largest absolute Gasteiger partial charge is 0.350 e. The molecule has 0 spiro atoms. The first-order valence-corrected chi connectivity index (χ1v) is 6.79. The van der Waals surface area contributed by atoms with Gasteiger partial charge in [-0.25, -0.2) is 4.98 Å². The fourth-order valence-electron chi connectivity index (χ4n) is 1.61. The Morgan fingerprint density at radius 1 is 1.47 bits per heavy atom. The molecule has 1 aliphatic heterocycles. The lowest BCUT2D eigenvalue weighted by atomic mass is 9.93. The Morgan fingerprint density at radius 2 is 2.24 bits per heavy atom. The maximum absolute atomic E-state index is 4.65. The van der Waals surface area contributed by atoms with Crippen LogP contribution in [0, 0.1) is 0 Å². The molecule has 5 heteroatoms. The lowest BCUT2D eigenvalue weighted by Gasteiger charge is -2.15. The predicted octanol–water partition coefficient (Wildman–Crippen LogP) is 1.83. The van der Waals surface area contributed by atoms with Gasteiger partial charge in [0, 0.05) is 24.4 Å². The minimum absolute atomic E-state index is 0.135. The zero-order valence-corrected chi connectivity index (χ0v) is 11.8. The van der Waals surface area contributed by atoms with Gasteiger partial charge < -0.3 is 10.2 Å². The summed E-state index contributed by atoms with van der Waals surface area (Å²) in [7, 11) is 2.06. The number of hydrogen-bond donors (Lipinski definition) is 1. The summed E-state index contributed by atoms with van der Waals surface area (Å²) in [5, 5.41) is 6.61. The third-order valence-electron chi connectivity index (χ3n) is 2.78. The van der Waals surface area contributed by atoms with Gasteiger partial charge >= 0.3 is 0 Å². The third kappa shape index (κ3) is 2.97. The Balaban J connectivity index is 1.94. The van der Waals surface area contributed by atoms with Crippen LogP contribution in [0.2, 0.25) is 0 Å². The summed E-state index contributed by atoms with van der Waals surface area (Å²) in [5.41, 5.74) is 1.30. The second-order valence-corrected chi connectivity index (χ2v) is 6.30. The average Bonchev–Trinajstić information content (AvgIpc) is 2.82. The van der Waals surface area contributed by atoms with Crippen molar-refractivity contribution in [1.82, 2.24) is 15.2 Å². The molecule has 1 aromatic heterocycles. The molecular formula is C12H20N4S. The van der Waals surface area contributed by atoms with Gasteiger partial charge in [-0.15, -0.1) is 11.3 Å². The highest BCUT2D eigenvalue weighted by Crippen LogP contribution is 2.23. The van der Waals surface area contributed by atoms with Crippen molar-refractivity contribution >= 4 is 17.3 Å². The van der Waals surface area contributed by atoms with E-state index >= 15 is 0 Å². The van der Waals surface area contributed by atoms with Crippen LogP contribution in [0.5, 0.6) is 0 Å². The number of thiazole rings is 1. The Labute approximate surface area is 107 Å². The van der Waals surface area contributed by atoms with Crippen LogP contribution in [0.25, 0.3) is 0 Å². The van der Waals surface area contributed by atoms with Crippen LogP contribution >= 0.6 is 11.3 Å². The molecule has 0 saturated carbocycles. The molecule has 0 bridgehead atoms. The second-order valence-electron chi connectivity index (χ2n) is 5.36. The van der Waals surface area contributed by atoms with E-state index in [9.17, 15) is 0 Å². The van der Waals surface area contributed by atoms with Gasteiger partial charge in [0.15, 0.2) is 5.96 Å². The number of nitrogens with zero attached hydrogens (tertiary/aromatic N) is 3. The topological polar surface area (TPSA) is 40.5 Å². The average molecular weight is 252 g/mol. The molecule has 1 N–H and O–H groups in total. The van der Waals surface area contributed by atoms with Crippen LogP contribution in [-0.2, 0) is 12.0 Å². The molecule has 0 saturated heterocycles. The Morgan fingerprint density at radius 3 is 2.76 bits per heavy atom. The normalized spacial score (nSPS) is 16.2. The summed E-state index contributed by atoms with van der Waals surface area (Å²) < 4.78 is 0. The van der Waals surface area contributed by atoms with Crippen LogP contribution in [0.3, 0.4) is 0 Å². The van der Waals surface area contributed by atoms with Crippen molar-refractivity contribution in [2.75, 3.05) is 20.1 Å². The van der Waals surface area contributed by atoms with Crippen LogP contribution in [0.4, 0.5) is 0 Å². The Hall–Kier alpha value is -1.10. The molecule has 2 heterocycles. The summed E-state index contributed by atoms with van der Waals surface area (Å²) in [5.74, 6) is 0.984. The minimum atomic E-state index is 0.135. The molecule has 0 radical (unpaired) electrons. The first-order valence-electron chi connectivity index (χ1n) is 5.91. The van der Waals surface area contributed by atoms with Gasteiger partial charge in [0.05, 0.1) is 18.8 Å². The number of hydrogen-bond acceptors (Lipinski definition) is 5. The van der Waals surface area contributed by atoms with Crippen molar-refractivity contribution in [2.45, 2.75) is 32.7 Å². The van der Waals surface area contributed by atoms with E-state index in [2.05, 4.69) is 53.4 Å². The molecule has 1 aliphatic rings. The molecule has 94 valence electrons. The lowest BCUT2D eigenvalue weighted by Crippen LogP contribution is -2.35. The molecule has 17 heavy (non-hydrogen) atoms. The summed E-state index contributed by atoms with van der Waals surface area (Å²) in [6, 6.07) is 0. The van der Waals surface area contributed by atoms with Gasteiger partial charge in [0.1, 0.15) is 5.01 Å². The standard InChI is InChI=1S/C12H20N4S/c1-12(2,3)9-8-17-10(15-9)7-14-11-13-5-6-16(11)4/h8H,5-7H2,1-4H3,(H,13,14). The van der Waals surface area contributed by atoms with Crippen molar-refractivity contribution in [1.29, 1.82) is 0 Å². The van der Waals surface area contributed by atoms with Crippen molar-refractivity contribution in [3.8, 4) is 0 Å². The Kier molecular flexibility index (Phi) is 3.38. The van der Waals surface area contributed by atoms with Crippen molar-refractivity contribution < 1.29 is 0 Å². The number of rotatable bonds is 2. The summed E-state index contributed by atoms with van der Waals surface area (Å²) >= 11 is 1.71. The van der Waals surface area contributed by atoms with Crippen LogP contribution < -0.4 is 5.32 Å². The highest BCUT2D eigenvalue weighted by molar-refractivity contribution is 7.09. The fourth-order valence-corrected chi connectivity index (χ4v) is 2.58. The molecular weight excluding hydrogens is 232 g/mol. The lowest BCUT2D eigenvalue weighted by molar-refractivity contribution is 0.533. The first-order chi connectivity index (χ1) is 7.97. The summed E-state index contributed by atoms with van der Waals surface area (Å²) in [6.07, 6.45) is 0. The number of aliphatic imine (C=N–C) groups is 1. The highest BCUT2D eigenvalue weighted by atomic mass is 32.1. The fraction of sp³-hybridized carbons (Fsp3) is 0.667. The molecule has 4 nitrogen and oxygen atoms in total. The van der Waals surface area contributed by atoms with Gasteiger partial charge in [0.2, 0.25) is 0 Å². The van der Waals surface area contributed by atoms with Gasteiger partial charge in [-0.05, 0) is 0 Å². The first kappa shape index (κ1) is 12.4. The van der Waals surface area contributed by atoms with E-state index in [1.165, 1.54) is 5.69 Å². The summed E-state index contributed by atoms with van der Waals surface area (Å²) in [6.45, 7) is 9.23. The van der Waals surface area contributed by atoms with E-state index < -0.39 is 0 Å². The van der Waals surface area contributed by atoms with Gasteiger partial charge in [-0.3, -0.25) is 4.99 Å². The molecule has 0 unspecified atom stereocenters. The van der Waals surface area contributed by atoms with E-state index in [-0.39, 0.29) is 5.41 Å². The molecule has 0 aliphatic carbocycles. The third-order valence-corrected chi connectivity index (χ3v) is 3.63. The number of likely N-dealkylation sites (N-methyl/N-ethyl adjacent to an activating group) is 1. The van der Waals surface area contributed by atoms with Crippen LogP contribution in [-0.4, -0.2) is 36.0 Å². The predicted molar refractivity (Wildman–Crippen MR) is 72.6 cm³/mol. The smallest absolute Gasteiger partial charge is 0.194 e. The van der Waals surface area contributed by atoms with E-state index in [1.54, 1.807) is 11.3 Å². The molecule has 0 atom stereocenters. The molecule has 0 fully saturated rings. The zero-order chi connectivity index (χ0) is 12.5. The molecule has 1 aromatic rings. The van der Waals surface area contributed by atoms with E-state index in [4.69, 9.17) is 0 Å². The Bertz CT molecular complexity index is 416. The molecule has 0 aromatic carbocycles. The zero-order valence-electron chi connectivity index (χ0n) is 10.9. The molecule has 2 rings (SSSR count). The highest BCUT2D eigenvalue weighted by Gasteiger charge is 2.18. The number of aromatic nitrogens is 1. The van der Waals surface area contributed by atoms with Gasteiger partial charge in [-0.2, -0.15) is 0 Å². The van der Waals surface area contributed by atoms with E-state index in [0.717, 1.165) is 30.6 Å². The molecule has 0 amide bonds. The maximum Gasteiger partial charge on any atom is 0.194 e. The maximum atomic E-state index is 4.65. The van der Waals surface area contributed by atoms with E-state index in [0.29, 0.717) is 0 Å². The van der Waals surface area contributed by atoms with E-state index in [1.807, 2.05) is 0 Å². The monoisotopic (exact) mass is 252 g/mol. The van der Waals surface area contributed by atoms with Crippen molar-refractivity contribution in [3.63, 3.8) is 0 Å². The second kappa shape index (κ2) is 4.64. The number of nitrogens with one attached hydrogen (secondary N) is 1. The van der Waals surface area contributed by atoms with Crippen molar-refractivity contribution in [2.24, 2.45) is 4.99 Å². The van der Waals surface area contributed by atoms with Crippen LogP contribution in [0.1, 0.15) is 31.5 Å². The quantitative estimate of drug-likeness (QED) is 0.873. The van der Waals surface area contributed by atoms with Gasteiger partial charge in [0.25, 0.3) is 0 Å². The van der Waals surface area contributed by atoms with Crippen molar-refractivity contribution in [3.05, 3.63) is 16.1 Å². The number of guanidine groups is 1. The van der Waals surface area contributed by atoms with Crippen LogP contribution in [0.15, 0.2) is 10.4 Å². The summed E-state index contributed by atoms with van der Waals surface area (Å²) in [4.78, 5) is 11.2. The minimum Gasteiger partial charge on any atom is -0.350 e. The SMILES string of the molecule is CN1CCN=C1NCc1nc(C(C)(C)C)cs1.